The van der Waals surface area contributed by atoms with Gasteiger partial charge in [0.25, 0.3) is 5.91 Å². The van der Waals surface area contributed by atoms with Crippen LogP contribution in [-0.2, 0) is 0 Å². The molecular weight excluding hydrogens is 245 g/mol. The number of carbonyl (C=O) groups excluding carboxylic acids is 1. The highest BCUT2D eigenvalue weighted by molar-refractivity contribution is 5.94. The second-order valence-corrected chi connectivity index (χ2v) is 5.31. The third-order valence-electron chi connectivity index (χ3n) is 3.88. The van der Waals surface area contributed by atoms with Gasteiger partial charge in [-0.3, -0.25) is 4.79 Å². The Morgan fingerprint density at radius 1 is 1.37 bits per heavy atom. The second kappa shape index (κ2) is 6.15. The van der Waals surface area contributed by atoms with E-state index in [9.17, 15) is 9.18 Å². The third-order valence-corrected chi connectivity index (χ3v) is 3.88. The molecule has 0 unspecified atom stereocenters. The molecule has 104 valence electrons. The van der Waals surface area contributed by atoms with Gasteiger partial charge in [-0.25, -0.2) is 4.39 Å². The molecule has 2 N–H and O–H groups in total. The van der Waals surface area contributed by atoms with Crippen LogP contribution in [0, 0.1) is 18.7 Å². The summed E-state index contributed by atoms with van der Waals surface area (Å²) in [5.74, 6) is -0.429. The highest BCUT2D eigenvalue weighted by atomic mass is 19.1. The van der Waals surface area contributed by atoms with E-state index in [-0.39, 0.29) is 24.1 Å². The summed E-state index contributed by atoms with van der Waals surface area (Å²) >= 11 is 0. The molecule has 0 aromatic heterocycles. The fraction of sp³-hybridized carbons (Fsp3) is 0.533. The molecule has 3 nitrogen and oxygen atoms in total. The molecule has 1 aliphatic carbocycles. The molecule has 0 atom stereocenters. The molecule has 0 saturated heterocycles. The van der Waals surface area contributed by atoms with Gasteiger partial charge in [-0.05, 0) is 50.2 Å². The SMILES string of the molecule is Cc1cccc(C(=O)NC2CCC(CO)CC2)c1F. The molecule has 1 aliphatic rings. The molecule has 1 saturated carbocycles. The Hall–Kier alpha value is -1.42. The minimum atomic E-state index is -0.441. The summed E-state index contributed by atoms with van der Waals surface area (Å²) in [6, 6.07) is 4.95. The van der Waals surface area contributed by atoms with Gasteiger partial charge < -0.3 is 10.4 Å². The van der Waals surface area contributed by atoms with Crippen molar-refractivity contribution in [2.75, 3.05) is 6.61 Å². The average molecular weight is 265 g/mol. The monoisotopic (exact) mass is 265 g/mol. The molecule has 0 heterocycles. The first-order valence-electron chi connectivity index (χ1n) is 6.78. The van der Waals surface area contributed by atoms with E-state index in [2.05, 4.69) is 5.32 Å². The number of rotatable bonds is 3. The van der Waals surface area contributed by atoms with Crippen LogP contribution in [-0.4, -0.2) is 23.7 Å². The summed E-state index contributed by atoms with van der Waals surface area (Å²) in [7, 11) is 0. The third kappa shape index (κ3) is 3.32. The molecule has 0 radical (unpaired) electrons. The fourth-order valence-corrected chi connectivity index (χ4v) is 2.58. The zero-order valence-corrected chi connectivity index (χ0v) is 11.2. The first-order valence-corrected chi connectivity index (χ1v) is 6.78. The Balaban J connectivity index is 1.96. The van der Waals surface area contributed by atoms with Crippen molar-refractivity contribution < 1.29 is 14.3 Å². The van der Waals surface area contributed by atoms with E-state index in [0.29, 0.717) is 11.5 Å². The van der Waals surface area contributed by atoms with Crippen LogP contribution in [0.5, 0.6) is 0 Å². The molecular formula is C15H20FNO2. The van der Waals surface area contributed by atoms with E-state index in [0.717, 1.165) is 25.7 Å². The maximum Gasteiger partial charge on any atom is 0.254 e. The lowest BCUT2D eigenvalue weighted by atomic mass is 9.86. The molecule has 19 heavy (non-hydrogen) atoms. The van der Waals surface area contributed by atoms with E-state index < -0.39 is 5.82 Å². The number of hydrogen-bond donors (Lipinski definition) is 2. The molecule has 1 aromatic carbocycles. The lowest BCUT2D eigenvalue weighted by molar-refractivity contribution is 0.0909. The molecule has 1 aromatic rings. The Morgan fingerprint density at radius 2 is 2.05 bits per heavy atom. The minimum Gasteiger partial charge on any atom is -0.396 e. The lowest BCUT2D eigenvalue weighted by Crippen LogP contribution is -2.38. The predicted octanol–water partition coefficient (Wildman–Crippen LogP) is 2.42. The fourth-order valence-electron chi connectivity index (χ4n) is 2.58. The van der Waals surface area contributed by atoms with Gasteiger partial charge in [-0.15, -0.1) is 0 Å². The number of hydrogen-bond acceptors (Lipinski definition) is 2. The first kappa shape index (κ1) is 14.0. The predicted molar refractivity (Wildman–Crippen MR) is 71.4 cm³/mol. The smallest absolute Gasteiger partial charge is 0.254 e. The quantitative estimate of drug-likeness (QED) is 0.881. The number of aryl methyl sites for hydroxylation is 1. The summed E-state index contributed by atoms with van der Waals surface area (Å²) in [5, 5.41) is 12.0. The van der Waals surface area contributed by atoms with Crippen molar-refractivity contribution in [2.45, 2.75) is 38.6 Å². The number of carbonyl (C=O) groups is 1. The van der Waals surface area contributed by atoms with Gasteiger partial charge in [0, 0.05) is 12.6 Å². The van der Waals surface area contributed by atoms with Crippen LogP contribution in [0.25, 0.3) is 0 Å². The van der Waals surface area contributed by atoms with Gasteiger partial charge in [0.15, 0.2) is 0 Å². The lowest BCUT2D eigenvalue weighted by Gasteiger charge is -2.28. The van der Waals surface area contributed by atoms with Crippen molar-refractivity contribution in [3.05, 3.63) is 35.1 Å². The number of aliphatic hydroxyl groups is 1. The van der Waals surface area contributed by atoms with E-state index >= 15 is 0 Å². The highest BCUT2D eigenvalue weighted by Gasteiger charge is 2.23. The summed E-state index contributed by atoms with van der Waals surface area (Å²) < 4.78 is 13.8. The summed E-state index contributed by atoms with van der Waals surface area (Å²) in [6.45, 7) is 1.87. The molecule has 0 aliphatic heterocycles. The number of benzene rings is 1. The van der Waals surface area contributed by atoms with Crippen molar-refractivity contribution in [1.29, 1.82) is 0 Å². The Bertz CT molecular complexity index is 453. The summed E-state index contributed by atoms with van der Waals surface area (Å²) in [5.41, 5.74) is 0.598. The van der Waals surface area contributed by atoms with Crippen LogP contribution in [0.2, 0.25) is 0 Å². The van der Waals surface area contributed by atoms with Crippen molar-refractivity contribution >= 4 is 5.91 Å². The van der Waals surface area contributed by atoms with Gasteiger partial charge >= 0.3 is 0 Å². The number of nitrogens with one attached hydrogen (secondary N) is 1. The zero-order valence-electron chi connectivity index (χ0n) is 11.2. The Labute approximate surface area is 112 Å². The average Bonchev–Trinajstić information content (AvgIpc) is 2.42. The maximum absolute atomic E-state index is 13.8. The van der Waals surface area contributed by atoms with Crippen molar-refractivity contribution in [1.82, 2.24) is 5.32 Å². The van der Waals surface area contributed by atoms with Gasteiger partial charge in [-0.1, -0.05) is 12.1 Å². The number of amides is 1. The highest BCUT2D eigenvalue weighted by Crippen LogP contribution is 2.24. The van der Waals surface area contributed by atoms with Crippen LogP contribution in [0.1, 0.15) is 41.6 Å². The Kier molecular flexibility index (Phi) is 4.53. The van der Waals surface area contributed by atoms with Crippen molar-refractivity contribution in [3.8, 4) is 0 Å². The van der Waals surface area contributed by atoms with E-state index in [4.69, 9.17) is 5.11 Å². The van der Waals surface area contributed by atoms with Gasteiger partial charge in [0.2, 0.25) is 0 Å². The van der Waals surface area contributed by atoms with Crippen LogP contribution in [0.4, 0.5) is 4.39 Å². The molecule has 1 amide bonds. The second-order valence-electron chi connectivity index (χ2n) is 5.31. The minimum absolute atomic E-state index is 0.0928. The molecule has 1 fully saturated rings. The zero-order chi connectivity index (χ0) is 13.8. The van der Waals surface area contributed by atoms with Crippen molar-refractivity contribution in [3.63, 3.8) is 0 Å². The largest absolute Gasteiger partial charge is 0.396 e. The standard InChI is InChI=1S/C15H20FNO2/c1-10-3-2-4-13(14(10)16)15(19)17-12-7-5-11(9-18)6-8-12/h2-4,11-12,18H,5-9H2,1H3,(H,17,19). The Morgan fingerprint density at radius 3 is 2.68 bits per heavy atom. The van der Waals surface area contributed by atoms with Crippen LogP contribution < -0.4 is 5.32 Å². The molecule has 2 rings (SSSR count). The summed E-state index contributed by atoms with van der Waals surface area (Å²) in [4.78, 5) is 12.0. The molecule has 0 spiro atoms. The topological polar surface area (TPSA) is 49.3 Å². The molecule has 0 bridgehead atoms. The van der Waals surface area contributed by atoms with Crippen LogP contribution >= 0.6 is 0 Å². The first-order chi connectivity index (χ1) is 9.11. The van der Waals surface area contributed by atoms with Gasteiger partial charge in [0.1, 0.15) is 5.82 Å². The normalized spacial score (nSPS) is 23.1. The number of aliphatic hydroxyl groups excluding tert-OH is 1. The van der Waals surface area contributed by atoms with Crippen LogP contribution in [0.15, 0.2) is 18.2 Å². The molecule has 4 heteroatoms. The maximum atomic E-state index is 13.8. The van der Waals surface area contributed by atoms with Crippen LogP contribution in [0.3, 0.4) is 0 Å². The van der Waals surface area contributed by atoms with Crippen molar-refractivity contribution in [2.24, 2.45) is 5.92 Å². The number of halogens is 1. The van der Waals surface area contributed by atoms with Gasteiger partial charge in [0.05, 0.1) is 5.56 Å². The van der Waals surface area contributed by atoms with Gasteiger partial charge in [-0.2, -0.15) is 0 Å². The van der Waals surface area contributed by atoms with E-state index in [1.54, 1.807) is 19.1 Å². The summed E-state index contributed by atoms with van der Waals surface area (Å²) in [6.07, 6.45) is 3.53. The van der Waals surface area contributed by atoms with E-state index in [1.165, 1.54) is 6.07 Å². The van der Waals surface area contributed by atoms with E-state index in [1.807, 2.05) is 0 Å².